The molecule has 27 heavy (non-hydrogen) atoms. The first-order valence-electron chi connectivity index (χ1n) is 8.61. The molecule has 1 aromatic heterocycles. The largest absolute Gasteiger partial charge is 0.376 e. The molecule has 2 aromatic carbocycles. The molecular formula is C21H21IN4O. The summed E-state index contributed by atoms with van der Waals surface area (Å²) < 4.78 is 3.38. The van der Waals surface area contributed by atoms with Crippen LogP contribution in [-0.2, 0) is 4.79 Å². The first-order valence-corrected chi connectivity index (χ1v) is 9.69. The summed E-state index contributed by atoms with van der Waals surface area (Å²) in [6.07, 6.45) is 1.69. The van der Waals surface area contributed by atoms with Crippen LogP contribution in [0.5, 0.6) is 0 Å². The van der Waals surface area contributed by atoms with Gasteiger partial charge in [-0.05, 0) is 66.8 Å². The number of halogens is 1. The molecule has 0 aliphatic rings. The number of amides is 1. The number of hydrogen-bond donors (Lipinski definition) is 2. The summed E-state index contributed by atoms with van der Waals surface area (Å²) in [5.41, 5.74) is 7.79. The molecule has 2 N–H and O–H groups in total. The van der Waals surface area contributed by atoms with Crippen molar-refractivity contribution in [2.75, 3.05) is 11.9 Å². The summed E-state index contributed by atoms with van der Waals surface area (Å²) >= 11 is 2.34. The van der Waals surface area contributed by atoms with Gasteiger partial charge in [0.2, 0.25) is 0 Å². The molecule has 5 nitrogen and oxygen atoms in total. The van der Waals surface area contributed by atoms with Gasteiger partial charge in [-0.3, -0.25) is 4.79 Å². The SMILES string of the molecule is Cc1cc(/C=N\NC(=O)CNc2ccccc2)c(C)n1-c1ccccc1I. The molecule has 0 spiro atoms. The van der Waals surface area contributed by atoms with E-state index in [1.165, 1.54) is 3.57 Å². The normalized spacial score (nSPS) is 10.9. The minimum absolute atomic E-state index is 0.169. The minimum atomic E-state index is -0.193. The fraction of sp³-hybridized carbons (Fsp3) is 0.143. The summed E-state index contributed by atoms with van der Waals surface area (Å²) in [5.74, 6) is -0.193. The number of carbonyl (C=O) groups is 1. The van der Waals surface area contributed by atoms with Crippen molar-refractivity contribution in [3.05, 3.63) is 81.2 Å². The first-order chi connectivity index (χ1) is 13.1. The number of aromatic nitrogens is 1. The minimum Gasteiger partial charge on any atom is -0.376 e. The Morgan fingerprint density at radius 1 is 1.11 bits per heavy atom. The fourth-order valence-corrected chi connectivity index (χ4v) is 3.50. The van der Waals surface area contributed by atoms with E-state index in [9.17, 15) is 4.79 Å². The molecule has 0 atom stereocenters. The zero-order chi connectivity index (χ0) is 19.2. The zero-order valence-corrected chi connectivity index (χ0v) is 17.4. The first kappa shape index (κ1) is 19.2. The average Bonchev–Trinajstić information content (AvgIpc) is 2.95. The van der Waals surface area contributed by atoms with Crippen molar-refractivity contribution in [2.45, 2.75) is 13.8 Å². The molecule has 0 fully saturated rings. The van der Waals surface area contributed by atoms with Crippen LogP contribution in [0.3, 0.4) is 0 Å². The Morgan fingerprint density at radius 2 is 1.81 bits per heavy atom. The smallest absolute Gasteiger partial charge is 0.259 e. The highest BCUT2D eigenvalue weighted by atomic mass is 127. The van der Waals surface area contributed by atoms with Gasteiger partial charge < -0.3 is 9.88 Å². The van der Waals surface area contributed by atoms with E-state index in [1.807, 2.05) is 42.5 Å². The number of aryl methyl sites for hydroxylation is 1. The van der Waals surface area contributed by atoms with E-state index in [1.54, 1.807) is 6.21 Å². The zero-order valence-electron chi connectivity index (χ0n) is 15.2. The maximum Gasteiger partial charge on any atom is 0.259 e. The van der Waals surface area contributed by atoms with Gasteiger partial charge in [0.1, 0.15) is 0 Å². The fourth-order valence-electron chi connectivity index (χ4n) is 2.87. The number of rotatable bonds is 6. The summed E-state index contributed by atoms with van der Waals surface area (Å²) in [6, 6.07) is 19.9. The lowest BCUT2D eigenvalue weighted by molar-refractivity contribution is -0.119. The number of anilines is 1. The highest BCUT2D eigenvalue weighted by Gasteiger charge is 2.11. The summed E-state index contributed by atoms with van der Waals surface area (Å²) in [4.78, 5) is 11.9. The number of nitrogens with zero attached hydrogens (tertiary/aromatic N) is 2. The lowest BCUT2D eigenvalue weighted by atomic mass is 10.2. The third kappa shape index (κ3) is 4.77. The summed E-state index contributed by atoms with van der Waals surface area (Å²) in [7, 11) is 0. The molecule has 0 radical (unpaired) electrons. The lowest BCUT2D eigenvalue weighted by Crippen LogP contribution is -2.25. The van der Waals surface area contributed by atoms with Crippen molar-refractivity contribution in [2.24, 2.45) is 5.10 Å². The van der Waals surface area contributed by atoms with E-state index in [0.717, 1.165) is 28.3 Å². The second-order valence-electron chi connectivity index (χ2n) is 6.13. The molecule has 0 bridgehead atoms. The van der Waals surface area contributed by atoms with Gasteiger partial charge in [0.15, 0.2) is 0 Å². The number of hydrazone groups is 1. The van der Waals surface area contributed by atoms with E-state index in [2.05, 4.69) is 75.0 Å². The van der Waals surface area contributed by atoms with E-state index in [4.69, 9.17) is 0 Å². The lowest BCUT2D eigenvalue weighted by Gasteiger charge is -2.11. The molecule has 1 heterocycles. The molecule has 6 heteroatoms. The van der Waals surface area contributed by atoms with E-state index in [0.29, 0.717) is 0 Å². The number of para-hydroxylation sites is 2. The standard InChI is InChI=1S/C21H21IN4O/c1-15-12-17(16(2)26(15)20-11-7-6-10-19(20)22)13-24-25-21(27)14-23-18-8-4-3-5-9-18/h3-13,23H,14H2,1-2H3,(H,25,27)/b24-13-. The van der Waals surface area contributed by atoms with Crippen LogP contribution < -0.4 is 10.7 Å². The van der Waals surface area contributed by atoms with Crippen LogP contribution in [0.1, 0.15) is 17.0 Å². The van der Waals surface area contributed by atoms with E-state index < -0.39 is 0 Å². The Balaban J connectivity index is 1.65. The van der Waals surface area contributed by atoms with Gasteiger partial charge in [0, 0.05) is 26.2 Å². The summed E-state index contributed by atoms with van der Waals surface area (Å²) in [5, 5.41) is 7.16. The molecule has 0 aliphatic heterocycles. The van der Waals surface area contributed by atoms with Crippen LogP contribution in [0.4, 0.5) is 5.69 Å². The van der Waals surface area contributed by atoms with Gasteiger partial charge >= 0.3 is 0 Å². The van der Waals surface area contributed by atoms with Gasteiger partial charge in [-0.15, -0.1) is 0 Å². The van der Waals surface area contributed by atoms with Gasteiger partial charge in [-0.25, -0.2) is 5.43 Å². The summed E-state index contributed by atoms with van der Waals surface area (Å²) in [6.45, 7) is 4.29. The van der Waals surface area contributed by atoms with Crippen molar-refractivity contribution in [3.63, 3.8) is 0 Å². The van der Waals surface area contributed by atoms with Crippen molar-refractivity contribution >= 4 is 40.4 Å². The van der Waals surface area contributed by atoms with E-state index in [-0.39, 0.29) is 12.5 Å². The molecule has 0 aliphatic carbocycles. The molecule has 138 valence electrons. The maximum absolute atomic E-state index is 11.9. The van der Waals surface area contributed by atoms with Crippen molar-refractivity contribution in [1.82, 2.24) is 9.99 Å². The molecule has 0 saturated heterocycles. The molecule has 3 rings (SSSR count). The molecule has 0 saturated carbocycles. The Labute approximate surface area is 172 Å². The molecule has 0 unspecified atom stereocenters. The predicted octanol–water partition coefficient (Wildman–Crippen LogP) is 4.26. The van der Waals surface area contributed by atoms with Gasteiger partial charge in [0.05, 0.1) is 18.4 Å². The van der Waals surface area contributed by atoms with Crippen LogP contribution in [0, 0.1) is 17.4 Å². The second-order valence-corrected chi connectivity index (χ2v) is 7.29. The third-order valence-electron chi connectivity index (χ3n) is 4.18. The maximum atomic E-state index is 11.9. The Hall–Kier alpha value is -2.61. The number of hydrogen-bond acceptors (Lipinski definition) is 3. The molecule has 1 amide bonds. The Morgan fingerprint density at radius 3 is 2.56 bits per heavy atom. The predicted molar refractivity (Wildman–Crippen MR) is 119 cm³/mol. The quantitative estimate of drug-likeness (QED) is 0.320. The van der Waals surface area contributed by atoms with E-state index >= 15 is 0 Å². The number of nitrogens with one attached hydrogen (secondary N) is 2. The van der Waals surface area contributed by atoms with Crippen LogP contribution in [0.25, 0.3) is 5.69 Å². The highest BCUT2D eigenvalue weighted by molar-refractivity contribution is 14.1. The Bertz CT molecular complexity index is 964. The highest BCUT2D eigenvalue weighted by Crippen LogP contribution is 2.23. The molecular weight excluding hydrogens is 451 g/mol. The number of carbonyl (C=O) groups excluding carboxylic acids is 1. The second kappa shape index (κ2) is 8.85. The van der Waals surface area contributed by atoms with Crippen LogP contribution in [-0.4, -0.2) is 23.2 Å². The third-order valence-corrected chi connectivity index (χ3v) is 5.10. The van der Waals surface area contributed by atoms with Gasteiger partial charge in [-0.2, -0.15) is 5.10 Å². The van der Waals surface area contributed by atoms with Crippen LogP contribution in [0.15, 0.2) is 65.8 Å². The van der Waals surface area contributed by atoms with Gasteiger partial charge in [0.25, 0.3) is 5.91 Å². The Kier molecular flexibility index (Phi) is 6.28. The van der Waals surface area contributed by atoms with Crippen LogP contribution >= 0.6 is 22.6 Å². The topological polar surface area (TPSA) is 58.4 Å². The monoisotopic (exact) mass is 472 g/mol. The van der Waals surface area contributed by atoms with Crippen molar-refractivity contribution in [3.8, 4) is 5.69 Å². The van der Waals surface area contributed by atoms with Crippen molar-refractivity contribution < 1.29 is 4.79 Å². The van der Waals surface area contributed by atoms with Crippen LogP contribution in [0.2, 0.25) is 0 Å². The van der Waals surface area contributed by atoms with Gasteiger partial charge in [-0.1, -0.05) is 30.3 Å². The number of benzene rings is 2. The molecule has 3 aromatic rings. The average molecular weight is 472 g/mol. The van der Waals surface area contributed by atoms with Crippen molar-refractivity contribution in [1.29, 1.82) is 0 Å².